The Morgan fingerprint density at radius 1 is 1.15 bits per heavy atom. The van der Waals surface area contributed by atoms with Crippen LogP contribution in [0.2, 0.25) is 0 Å². The number of carbonyl (C=O) groups excluding carboxylic acids is 1. The summed E-state index contributed by atoms with van der Waals surface area (Å²) in [5.41, 5.74) is 0.912. The zero-order valence-corrected chi connectivity index (χ0v) is 14.7. The summed E-state index contributed by atoms with van der Waals surface area (Å²) in [6, 6.07) is 6.90. The third kappa shape index (κ3) is 3.82. The van der Waals surface area contributed by atoms with Gasteiger partial charge in [0, 0.05) is 18.8 Å². The Kier molecular flexibility index (Phi) is 5.16. The maximum absolute atomic E-state index is 12.1. The van der Waals surface area contributed by atoms with E-state index in [2.05, 4.69) is 20.6 Å². The molecular weight excluding hydrogens is 338 g/mol. The fraction of sp³-hybridized carbons (Fsp3) is 0.294. The summed E-state index contributed by atoms with van der Waals surface area (Å²) >= 11 is 0. The van der Waals surface area contributed by atoms with Crippen LogP contribution in [0.15, 0.2) is 34.9 Å². The normalized spacial score (nSPS) is 10.6. The number of amides is 1. The van der Waals surface area contributed by atoms with Gasteiger partial charge >= 0.3 is 6.01 Å². The van der Waals surface area contributed by atoms with E-state index in [1.165, 1.54) is 4.68 Å². The van der Waals surface area contributed by atoms with Crippen molar-refractivity contribution in [2.24, 2.45) is 7.05 Å². The second kappa shape index (κ2) is 7.68. The topological polar surface area (TPSA) is 104 Å². The van der Waals surface area contributed by atoms with Crippen molar-refractivity contribution in [1.29, 1.82) is 0 Å². The molecule has 0 saturated heterocycles. The van der Waals surface area contributed by atoms with Gasteiger partial charge in [-0.05, 0) is 38.1 Å². The van der Waals surface area contributed by atoms with Crippen molar-refractivity contribution in [2.45, 2.75) is 13.8 Å². The summed E-state index contributed by atoms with van der Waals surface area (Å²) in [6.45, 7) is 4.82. The van der Waals surface area contributed by atoms with Crippen LogP contribution < -0.4 is 14.8 Å². The molecule has 3 rings (SSSR count). The highest BCUT2D eigenvalue weighted by atomic mass is 16.5. The highest BCUT2D eigenvalue weighted by Gasteiger charge is 2.16. The molecule has 9 heteroatoms. The van der Waals surface area contributed by atoms with E-state index in [0.29, 0.717) is 30.3 Å². The van der Waals surface area contributed by atoms with Gasteiger partial charge in [0.05, 0.1) is 13.2 Å². The summed E-state index contributed by atoms with van der Waals surface area (Å²) in [5.74, 6) is 1.05. The summed E-state index contributed by atoms with van der Waals surface area (Å²) in [5, 5.41) is 14.3. The third-order valence-corrected chi connectivity index (χ3v) is 3.38. The molecule has 0 fully saturated rings. The summed E-state index contributed by atoms with van der Waals surface area (Å²) in [6.07, 6.45) is 1.67. The van der Waals surface area contributed by atoms with Crippen molar-refractivity contribution < 1.29 is 18.7 Å². The summed E-state index contributed by atoms with van der Waals surface area (Å²) in [4.78, 5) is 12.1. The molecule has 2 heterocycles. The predicted octanol–water partition coefficient (Wildman–Crippen LogP) is 2.52. The van der Waals surface area contributed by atoms with Crippen molar-refractivity contribution >= 4 is 11.9 Å². The number of aromatic nitrogens is 4. The van der Waals surface area contributed by atoms with Gasteiger partial charge in [-0.25, -0.2) is 0 Å². The van der Waals surface area contributed by atoms with Crippen molar-refractivity contribution in [1.82, 2.24) is 20.0 Å². The van der Waals surface area contributed by atoms with Crippen LogP contribution in [0.25, 0.3) is 11.5 Å². The zero-order chi connectivity index (χ0) is 18.5. The Hall–Kier alpha value is -3.36. The molecule has 0 aliphatic carbocycles. The van der Waals surface area contributed by atoms with Crippen LogP contribution in [-0.4, -0.2) is 39.1 Å². The number of anilines is 1. The largest absolute Gasteiger partial charge is 0.490 e. The number of nitrogens with one attached hydrogen (secondary N) is 1. The van der Waals surface area contributed by atoms with Gasteiger partial charge in [-0.2, -0.15) is 5.10 Å². The number of ether oxygens (including phenoxy) is 2. The molecule has 2 aromatic heterocycles. The summed E-state index contributed by atoms with van der Waals surface area (Å²) in [7, 11) is 1.73. The van der Waals surface area contributed by atoms with Gasteiger partial charge in [0.25, 0.3) is 5.91 Å². The minimum atomic E-state index is -0.428. The van der Waals surface area contributed by atoms with Crippen molar-refractivity contribution in [3.8, 4) is 23.0 Å². The molecule has 0 unspecified atom stereocenters. The monoisotopic (exact) mass is 357 g/mol. The van der Waals surface area contributed by atoms with Crippen molar-refractivity contribution in [2.75, 3.05) is 18.5 Å². The van der Waals surface area contributed by atoms with E-state index >= 15 is 0 Å². The van der Waals surface area contributed by atoms with Crippen LogP contribution in [0, 0.1) is 0 Å². The lowest BCUT2D eigenvalue weighted by atomic mass is 10.2. The average molecular weight is 357 g/mol. The van der Waals surface area contributed by atoms with E-state index < -0.39 is 5.91 Å². The smallest absolute Gasteiger partial charge is 0.322 e. The first-order chi connectivity index (χ1) is 12.6. The molecule has 1 N–H and O–H groups in total. The second-order valence-electron chi connectivity index (χ2n) is 5.27. The van der Waals surface area contributed by atoms with Gasteiger partial charge in [0.2, 0.25) is 5.89 Å². The molecule has 0 saturated carbocycles. The van der Waals surface area contributed by atoms with Gasteiger partial charge in [-0.3, -0.25) is 14.8 Å². The Labute approximate surface area is 149 Å². The van der Waals surface area contributed by atoms with E-state index in [9.17, 15) is 4.79 Å². The Morgan fingerprint density at radius 2 is 1.92 bits per heavy atom. The highest BCUT2D eigenvalue weighted by molar-refractivity contribution is 6.01. The third-order valence-electron chi connectivity index (χ3n) is 3.38. The lowest BCUT2D eigenvalue weighted by Gasteiger charge is -2.11. The molecule has 1 aromatic carbocycles. The van der Waals surface area contributed by atoms with Gasteiger partial charge in [0.1, 0.15) is 0 Å². The maximum Gasteiger partial charge on any atom is 0.322 e. The fourth-order valence-corrected chi connectivity index (χ4v) is 2.27. The highest BCUT2D eigenvalue weighted by Crippen LogP contribution is 2.32. The molecule has 1 amide bonds. The minimum Gasteiger partial charge on any atom is -0.490 e. The number of benzene rings is 1. The Bertz CT molecular complexity index is 902. The number of hydrogen-bond acceptors (Lipinski definition) is 7. The van der Waals surface area contributed by atoms with Crippen LogP contribution in [0.1, 0.15) is 24.3 Å². The average Bonchev–Trinajstić information content (AvgIpc) is 3.26. The quantitative estimate of drug-likeness (QED) is 0.693. The molecule has 0 radical (unpaired) electrons. The number of rotatable bonds is 7. The lowest BCUT2D eigenvalue weighted by Crippen LogP contribution is -2.13. The predicted molar refractivity (Wildman–Crippen MR) is 93.2 cm³/mol. The fourth-order valence-electron chi connectivity index (χ4n) is 2.27. The molecule has 9 nitrogen and oxygen atoms in total. The molecule has 0 aliphatic rings. The first-order valence-electron chi connectivity index (χ1n) is 8.15. The number of aryl methyl sites for hydroxylation is 1. The standard InChI is InChI=1S/C17H19N5O4/c1-4-24-13-7-6-11(10-14(13)25-5-2)16-19-20-17(26-16)18-15(23)12-8-9-22(3)21-12/h6-10H,4-5H2,1-3H3,(H,18,20,23). The molecule has 0 spiro atoms. The van der Waals surface area contributed by atoms with Crippen molar-refractivity contribution in [3.63, 3.8) is 0 Å². The SMILES string of the molecule is CCOc1ccc(-c2nnc(NC(=O)c3ccn(C)n3)o2)cc1OCC. The van der Waals surface area contributed by atoms with Crippen LogP contribution in [0.3, 0.4) is 0 Å². The van der Waals surface area contributed by atoms with E-state index in [0.717, 1.165) is 0 Å². The van der Waals surface area contributed by atoms with Crippen LogP contribution >= 0.6 is 0 Å². The molecule has 3 aromatic rings. The van der Waals surface area contributed by atoms with Gasteiger partial charge in [0.15, 0.2) is 17.2 Å². The number of nitrogens with zero attached hydrogens (tertiary/aromatic N) is 4. The molecular formula is C17H19N5O4. The summed E-state index contributed by atoms with van der Waals surface area (Å²) < 4.78 is 18.2. The first-order valence-corrected chi connectivity index (χ1v) is 8.15. The van der Waals surface area contributed by atoms with Gasteiger partial charge < -0.3 is 13.9 Å². The van der Waals surface area contributed by atoms with Crippen LogP contribution in [0.4, 0.5) is 6.01 Å². The minimum absolute atomic E-state index is 0.0116. The zero-order valence-electron chi connectivity index (χ0n) is 14.7. The van der Waals surface area contributed by atoms with E-state index in [1.807, 2.05) is 13.8 Å². The first kappa shape index (κ1) is 17.5. The van der Waals surface area contributed by atoms with Crippen molar-refractivity contribution in [3.05, 3.63) is 36.2 Å². The molecule has 26 heavy (non-hydrogen) atoms. The lowest BCUT2D eigenvalue weighted by molar-refractivity contribution is 0.101. The molecule has 0 atom stereocenters. The Balaban J connectivity index is 1.78. The van der Waals surface area contributed by atoms with Crippen LogP contribution in [-0.2, 0) is 7.05 Å². The van der Waals surface area contributed by atoms with E-state index in [4.69, 9.17) is 13.9 Å². The van der Waals surface area contributed by atoms with Gasteiger partial charge in [-0.15, -0.1) is 5.10 Å². The molecule has 136 valence electrons. The second-order valence-corrected chi connectivity index (χ2v) is 5.27. The van der Waals surface area contributed by atoms with E-state index in [1.54, 1.807) is 37.5 Å². The number of hydrogen-bond donors (Lipinski definition) is 1. The Morgan fingerprint density at radius 3 is 2.62 bits per heavy atom. The van der Waals surface area contributed by atoms with Gasteiger partial charge in [-0.1, -0.05) is 5.10 Å². The van der Waals surface area contributed by atoms with Crippen LogP contribution in [0.5, 0.6) is 11.5 Å². The number of carbonyl (C=O) groups is 1. The maximum atomic E-state index is 12.1. The molecule has 0 aliphatic heterocycles. The molecule has 0 bridgehead atoms. The van der Waals surface area contributed by atoms with E-state index in [-0.39, 0.29) is 17.6 Å².